The molecule has 5 aromatic rings. The summed E-state index contributed by atoms with van der Waals surface area (Å²) in [6, 6.07) is 14.6. The average Bonchev–Trinajstić information content (AvgIpc) is 4.11. The van der Waals surface area contributed by atoms with Gasteiger partial charge >= 0.3 is 12.2 Å². The number of aromatic nitrogens is 3. The molecule has 4 heterocycles. The Labute approximate surface area is 367 Å². The minimum atomic E-state index is -3.37. The fourth-order valence-corrected chi connectivity index (χ4v) is 9.25. The van der Waals surface area contributed by atoms with Gasteiger partial charge in [0.25, 0.3) is 11.8 Å². The number of likely N-dealkylation sites (tertiary alicyclic amines) is 2. The van der Waals surface area contributed by atoms with Gasteiger partial charge < -0.3 is 39.7 Å². The number of alkyl carbamates (subject to hydrolysis) is 2. The molecule has 4 atom stereocenters. The summed E-state index contributed by atoms with van der Waals surface area (Å²) < 4.78 is 42.6. The quantitative estimate of drug-likeness (QED) is 0.0908. The lowest BCUT2D eigenvalue weighted by atomic mass is 9.97. The molecule has 17 heteroatoms. The topological polar surface area (TPSA) is 199 Å². The van der Waals surface area contributed by atoms with E-state index >= 15 is 8.78 Å². The molecule has 0 spiro atoms. The molecule has 3 aliphatic rings. The smallest absolute Gasteiger partial charge is 0.409 e. The zero-order valence-electron chi connectivity index (χ0n) is 36.4. The molecule has 1 aliphatic carbocycles. The van der Waals surface area contributed by atoms with Gasteiger partial charge in [0.05, 0.1) is 43.7 Å². The van der Waals surface area contributed by atoms with E-state index in [0.29, 0.717) is 94.7 Å². The number of alkyl halides is 2. The van der Waals surface area contributed by atoms with Crippen molar-refractivity contribution in [1.29, 1.82) is 0 Å². The van der Waals surface area contributed by atoms with Crippen LogP contribution in [-0.4, -0.2) is 92.9 Å². The molecule has 15 nitrogen and oxygen atoms in total. The van der Waals surface area contributed by atoms with Gasteiger partial charge in [-0.25, -0.2) is 14.6 Å². The highest BCUT2D eigenvalue weighted by Crippen LogP contribution is 2.53. The number of rotatable bonds is 10. The van der Waals surface area contributed by atoms with Crippen LogP contribution >= 0.6 is 0 Å². The zero-order chi connectivity index (χ0) is 45.8. The first-order valence-electron chi connectivity index (χ1n) is 21.4. The molecule has 2 aromatic heterocycles. The number of imidazole rings is 1. The van der Waals surface area contributed by atoms with Gasteiger partial charge in [-0.3, -0.25) is 19.7 Å². The Morgan fingerprint density at radius 2 is 1.44 bits per heavy atom. The number of methoxy groups -OCH3 is 2. The first-order chi connectivity index (χ1) is 30.5. The molecule has 64 heavy (non-hydrogen) atoms. The Bertz CT molecular complexity index is 2730. The number of benzene rings is 3. The van der Waals surface area contributed by atoms with Crippen LogP contribution in [0, 0.1) is 11.8 Å². The minimum absolute atomic E-state index is 0.163. The van der Waals surface area contributed by atoms with E-state index < -0.39 is 53.8 Å². The number of amides is 4. The molecular weight excluding hydrogens is 829 g/mol. The van der Waals surface area contributed by atoms with Crippen molar-refractivity contribution in [2.24, 2.45) is 11.8 Å². The normalized spacial score (nSPS) is 19.0. The van der Waals surface area contributed by atoms with E-state index in [1.165, 1.54) is 36.4 Å². The third-order valence-corrected chi connectivity index (χ3v) is 12.9. The highest BCUT2D eigenvalue weighted by molar-refractivity contribution is 5.90. The van der Waals surface area contributed by atoms with Crippen LogP contribution in [0.4, 0.5) is 18.4 Å². The van der Waals surface area contributed by atoms with Crippen molar-refractivity contribution in [3.8, 4) is 33.5 Å². The van der Waals surface area contributed by atoms with E-state index in [1.54, 1.807) is 61.2 Å². The number of hydrogen-bond donors (Lipinski definition) is 5. The van der Waals surface area contributed by atoms with Gasteiger partial charge in [0, 0.05) is 52.8 Å². The van der Waals surface area contributed by atoms with E-state index in [4.69, 9.17) is 4.74 Å². The number of aromatic amines is 2. The number of aliphatic hydroxyl groups is 1. The maximum Gasteiger partial charge on any atom is 0.409 e. The van der Waals surface area contributed by atoms with Crippen LogP contribution in [0.3, 0.4) is 0 Å². The van der Waals surface area contributed by atoms with E-state index in [2.05, 4.69) is 30.3 Å². The first-order valence-corrected chi connectivity index (χ1v) is 21.4. The maximum absolute atomic E-state index is 16.6. The van der Waals surface area contributed by atoms with Crippen LogP contribution in [0.25, 0.3) is 44.4 Å². The maximum atomic E-state index is 16.6. The lowest BCUT2D eigenvalue weighted by molar-refractivity contribution is -0.161. The summed E-state index contributed by atoms with van der Waals surface area (Å²) in [4.78, 5) is 79.3. The summed E-state index contributed by atoms with van der Waals surface area (Å²) in [5.74, 6) is -4.86. The number of nitrogens with zero attached hydrogens (tertiary/aromatic N) is 3. The van der Waals surface area contributed by atoms with Gasteiger partial charge in [-0.2, -0.15) is 8.78 Å². The highest BCUT2D eigenvalue weighted by atomic mass is 19.3. The minimum Gasteiger partial charge on any atom is -0.453 e. The first kappa shape index (κ1) is 44.0. The van der Waals surface area contributed by atoms with Gasteiger partial charge in [0.2, 0.25) is 11.6 Å². The van der Waals surface area contributed by atoms with E-state index in [1.807, 2.05) is 13.8 Å². The van der Waals surface area contributed by atoms with Crippen molar-refractivity contribution in [1.82, 2.24) is 35.4 Å². The number of fused-ring (bicyclic) bond motifs is 4. The molecule has 0 bridgehead atoms. The predicted octanol–water partition coefficient (Wildman–Crippen LogP) is 7.11. The fraction of sp³-hybridized carbons (Fsp3) is 0.404. The van der Waals surface area contributed by atoms with Gasteiger partial charge in [0.15, 0.2) is 5.43 Å². The Morgan fingerprint density at radius 1 is 0.828 bits per heavy atom. The van der Waals surface area contributed by atoms with Crippen molar-refractivity contribution in [3.63, 3.8) is 0 Å². The standard InChI is InChI=1S/C47H51F2N7O8/c1-24(2)40(53-44(60)63-5)42(58)55-17-7-9-37(55)35-22-39(57)31-16-12-27(21-34(31)51-35)26-11-14-29-30-15-13-28(20-33(30)46(48,49)32(29)19-26)36-23-50-41(52-36)38-10-8-18-56(38)43(59)47(62,25(3)4)54-45(61)64-6/h11-16,19-25,37-38,40,62H,7-10,17-18H2,1-6H3,(H,50,52)(H,51,57)(H,53,60)(H,54,61)/t37?,38-,40-,47-/m0/s1. The Balaban J connectivity index is 1.05. The van der Waals surface area contributed by atoms with Crippen molar-refractivity contribution < 1.29 is 42.5 Å². The van der Waals surface area contributed by atoms with E-state index in [0.717, 1.165) is 7.11 Å². The van der Waals surface area contributed by atoms with Crippen LogP contribution in [0.1, 0.15) is 88.1 Å². The Morgan fingerprint density at radius 3 is 2.09 bits per heavy atom. The molecule has 8 rings (SSSR count). The number of ether oxygens (including phenoxy) is 2. The number of halogens is 2. The number of carbonyl (C=O) groups excluding carboxylic acids is 4. The average molecular weight is 880 g/mol. The molecule has 0 saturated carbocycles. The fourth-order valence-electron chi connectivity index (χ4n) is 9.25. The van der Waals surface area contributed by atoms with Gasteiger partial charge in [-0.15, -0.1) is 0 Å². The van der Waals surface area contributed by atoms with Crippen LogP contribution in [0.2, 0.25) is 0 Å². The Kier molecular flexibility index (Phi) is 11.6. The van der Waals surface area contributed by atoms with Crippen molar-refractivity contribution >= 4 is 34.9 Å². The van der Waals surface area contributed by atoms with Crippen LogP contribution in [0.5, 0.6) is 0 Å². The summed E-state index contributed by atoms with van der Waals surface area (Å²) in [5, 5.41) is 16.6. The molecule has 336 valence electrons. The zero-order valence-corrected chi connectivity index (χ0v) is 36.4. The Hall–Kier alpha value is -6.62. The molecular formula is C47H51F2N7O8. The van der Waals surface area contributed by atoms with Crippen molar-refractivity contribution in [2.75, 3.05) is 27.3 Å². The molecule has 1 unspecified atom stereocenters. The monoisotopic (exact) mass is 879 g/mol. The number of carbonyl (C=O) groups is 4. The van der Waals surface area contributed by atoms with Crippen LogP contribution < -0.4 is 16.1 Å². The SMILES string of the molecule is COC(=O)N[C@H](C(=O)N1CCCC1c1cc(=O)c2ccc(-c3ccc4c(c3)C(F)(F)c3cc(-c5cnc([C@@H]6CCCN6C(=O)[C@](O)(NC(=O)OC)C(C)C)[nH]5)ccc3-4)cc2[nH]1)C(C)C. The molecule has 5 N–H and O–H groups in total. The van der Waals surface area contributed by atoms with E-state index in [-0.39, 0.29) is 28.4 Å². The lowest BCUT2D eigenvalue weighted by Crippen LogP contribution is -2.62. The van der Waals surface area contributed by atoms with Gasteiger partial charge in [-0.05, 0) is 78.1 Å². The van der Waals surface area contributed by atoms with E-state index in [9.17, 15) is 29.1 Å². The number of pyridine rings is 1. The summed E-state index contributed by atoms with van der Waals surface area (Å²) >= 11 is 0. The second-order valence-electron chi connectivity index (χ2n) is 17.4. The summed E-state index contributed by atoms with van der Waals surface area (Å²) in [6.07, 6.45) is 2.29. The summed E-state index contributed by atoms with van der Waals surface area (Å²) in [7, 11) is 2.37. The van der Waals surface area contributed by atoms with Crippen molar-refractivity contribution in [2.45, 2.75) is 83.2 Å². The third kappa shape index (κ3) is 7.64. The van der Waals surface area contributed by atoms with Gasteiger partial charge in [0.1, 0.15) is 11.9 Å². The molecule has 2 saturated heterocycles. The van der Waals surface area contributed by atoms with Gasteiger partial charge in [-0.1, -0.05) is 58.0 Å². The lowest BCUT2D eigenvalue weighted by Gasteiger charge is -2.36. The molecule has 3 aromatic carbocycles. The summed E-state index contributed by atoms with van der Waals surface area (Å²) in [6.45, 7) is 7.60. The molecule has 0 radical (unpaired) electrons. The predicted molar refractivity (Wildman–Crippen MR) is 233 cm³/mol. The number of nitrogens with one attached hydrogen (secondary N) is 4. The molecule has 2 aliphatic heterocycles. The third-order valence-electron chi connectivity index (χ3n) is 12.9. The molecule has 4 amide bonds. The second kappa shape index (κ2) is 16.8. The van der Waals surface area contributed by atoms with Crippen molar-refractivity contribution in [3.05, 3.63) is 99.7 Å². The highest BCUT2D eigenvalue weighted by Gasteiger charge is 2.48. The molecule has 2 fully saturated rings. The largest absolute Gasteiger partial charge is 0.453 e. The number of hydrogen-bond acceptors (Lipinski definition) is 9. The van der Waals surface area contributed by atoms with Crippen LogP contribution in [0.15, 0.2) is 71.7 Å². The van der Waals surface area contributed by atoms with Crippen LogP contribution in [-0.2, 0) is 25.0 Å². The second-order valence-corrected chi connectivity index (χ2v) is 17.4. The summed E-state index contributed by atoms with van der Waals surface area (Å²) in [5.41, 5.74) is 1.04. The number of H-pyrrole nitrogens is 2.